The molecular weight excluding hydrogens is 296 g/mol. The first-order chi connectivity index (χ1) is 10.7. The maximum Gasteiger partial charge on any atom is 0.263 e. The Morgan fingerprint density at radius 2 is 2.14 bits per heavy atom. The van der Waals surface area contributed by atoms with Crippen LogP contribution < -0.4 is 5.32 Å². The third-order valence-electron chi connectivity index (χ3n) is 5.18. The zero-order chi connectivity index (χ0) is 15.6. The molecule has 2 fully saturated rings. The fourth-order valence-electron chi connectivity index (χ4n) is 4.10. The summed E-state index contributed by atoms with van der Waals surface area (Å²) in [5.41, 5.74) is 0.00439. The van der Waals surface area contributed by atoms with Gasteiger partial charge >= 0.3 is 0 Å². The molecule has 2 heterocycles. The molecule has 0 aromatic carbocycles. The molecule has 120 valence electrons. The van der Waals surface area contributed by atoms with Gasteiger partial charge in [-0.25, -0.2) is 0 Å². The summed E-state index contributed by atoms with van der Waals surface area (Å²) in [7, 11) is 0. The van der Waals surface area contributed by atoms with Gasteiger partial charge < -0.3 is 10.2 Å². The summed E-state index contributed by atoms with van der Waals surface area (Å²) >= 11 is 1.48. The monoisotopic (exact) mass is 320 g/mol. The molecule has 2 amide bonds. The van der Waals surface area contributed by atoms with E-state index >= 15 is 0 Å². The highest BCUT2D eigenvalue weighted by molar-refractivity contribution is 7.12. The second kappa shape index (κ2) is 6.41. The Kier molecular flexibility index (Phi) is 4.52. The molecule has 1 saturated heterocycles. The summed E-state index contributed by atoms with van der Waals surface area (Å²) in [6.07, 6.45) is 5.75. The van der Waals surface area contributed by atoms with E-state index in [1.54, 1.807) is 0 Å². The van der Waals surface area contributed by atoms with Crippen LogP contribution in [0.15, 0.2) is 17.5 Å². The van der Waals surface area contributed by atoms with Gasteiger partial charge in [-0.15, -0.1) is 11.3 Å². The maximum atomic E-state index is 12.7. The summed E-state index contributed by atoms with van der Waals surface area (Å²) in [6.45, 7) is 3.92. The number of nitrogens with one attached hydrogen (secondary N) is 1. The highest BCUT2D eigenvalue weighted by Crippen LogP contribution is 2.48. The van der Waals surface area contributed by atoms with Crippen LogP contribution in [0.5, 0.6) is 0 Å². The van der Waals surface area contributed by atoms with Gasteiger partial charge in [0.25, 0.3) is 5.91 Å². The molecule has 1 unspecified atom stereocenters. The molecule has 4 nitrogen and oxygen atoms in total. The van der Waals surface area contributed by atoms with Crippen molar-refractivity contribution in [2.75, 3.05) is 19.6 Å². The molecule has 0 bridgehead atoms. The van der Waals surface area contributed by atoms with Crippen LogP contribution in [-0.2, 0) is 4.79 Å². The van der Waals surface area contributed by atoms with E-state index in [1.165, 1.54) is 30.6 Å². The van der Waals surface area contributed by atoms with Crippen molar-refractivity contribution in [1.29, 1.82) is 0 Å². The lowest BCUT2D eigenvalue weighted by atomic mass is 9.67. The van der Waals surface area contributed by atoms with Crippen molar-refractivity contribution in [2.45, 2.75) is 39.0 Å². The van der Waals surface area contributed by atoms with Crippen molar-refractivity contribution < 1.29 is 9.59 Å². The molecule has 1 aromatic rings. The number of hydrogen-bond donors (Lipinski definition) is 1. The van der Waals surface area contributed by atoms with E-state index in [2.05, 4.69) is 5.32 Å². The molecule has 1 aromatic heterocycles. The summed E-state index contributed by atoms with van der Waals surface area (Å²) in [6, 6.07) is 3.78. The molecule has 1 aliphatic heterocycles. The van der Waals surface area contributed by atoms with Gasteiger partial charge in [-0.05, 0) is 31.2 Å². The van der Waals surface area contributed by atoms with Gasteiger partial charge in [-0.3, -0.25) is 9.59 Å². The van der Waals surface area contributed by atoms with Crippen molar-refractivity contribution in [3.05, 3.63) is 22.4 Å². The number of nitrogens with zero attached hydrogens (tertiary/aromatic N) is 1. The number of carbonyl (C=O) groups is 2. The Balaban J connectivity index is 1.81. The van der Waals surface area contributed by atoms with Gasteiger partial charge in [-0.2, -0.15) is 0 Å². The quantitative estimate of drug-likeness (QED) is 0.931. The van der Waals surface area contributed by atoms with E-state index in [9.17, 15) is 9.59 Å². The number of hydrogen-bond acceptors (Lipinski definition) is 3. The van der Waals surface area contributed by atoms with Gasteiger partial charge in [0.2, 0.25) is 5.91 Å². The van der Waals surface area contributed by atoms with E-state index < -0.39 is 0 Å². The number of likely N-dealkylation sites (tertiary alicyclic amines) is 1. The predicted octanol–water partition coefficient (Wildman–Crippen LogP) is 2.91. The fourth-order valence-corrected chi connectivity index (χ4v) is 4.79. The summed E-state index contributed by atoms with van der Waals surface area (Å²) in [4.78, 5) is 27.9. The lowest BCUT2D eigenvalue weighted by molar-refractivity contribution is -0.128. The topological polar surface area (TPSA) is 49.4 Å². The van der Waals surface area contributed by atoms with Gasteiger partial charge in [0.15, 0.2) is 0 Å². The van der Waals surface area contributed by atoms with Crippen LogP contribution in [0, 0.1) is 11.3 Å². The third-order valence-corrected chi connectivity index (χ3v) is 6.04. The van der Waals surface area contributed by atoms with Crippen molar-refractivity contribution >= 4 is 23.2 Å². The highest BCUT2D eigenvalue weighted by Gasteiger charge is 2.51. The minimum Gasteiger partial charge on any atom is -0.356 e. The molecule has 1 spiro atoms. The highest BCUT2D eigenvalue weighted by atomic mass is 32.1. The minimum absolute atomic E-state index is 0.00439. The molecule has 1 saturated carbocycles. The van der Waals surface area contributed by atoms with E-state index in [0.717, 1.165) is 24.3 Å². The van der Waals surface area contributed by atoms with Crippen molar-refractivity contribution in [2.24, 2.45) is 11.3 Å². The maximum absolute atomic E-state index is 12.7. The Morgan fingerprint density at radius 1 is 1.36 bits per heavy atom. The smallest absolute Gasteiger partial charge is 0.263 e. The fraction of sp³-hybridized carbons (Fsp3) is 0.647. The number of rotatable bonds is 3. The lowest BCUT2D eigenvalue weighted by Crippen LogP contribution is -2.42. The van der Waals surface area contributed by atoms with E-state index in [0.29, 0.717) is 13.1 Å². The molecule has 2 aliphatic rings. The van der Waals surface area contributed by atoms with Crippen molar-refractivity contribution in [3.63, 3.8) is 0 Å². The van der Waals surface area contributed by atoms with Crippen LogP contribution in [0.25, 0.3) is 0 Å². The SMILES string of the molecule is CCNC(=O)C1CN(C(=O)c2cccs2)CC12CCCCC2. The Labute approximate surface area is 135 Å². The van der Waals surface area contributed by atoms with Gasteiger partial charge in [0, 0.05) is 25.0 Å². The van der Waals surface area contributed by atoms with Crippen LogP contribution in [0.3, 0.4) is 0 Å². The average Bonchev–Trinajstić information content (AvgIpc) is 3.16. The molecule has 0 radical (unpaired) electrons. The second-order valence-electron chi connectivity index (χ2n) is 6.53. The van der Waals surface area contributed by atoms with Crippen LogP contribution in [0.4, 0.5) is 0 Å². The molecule has 22 heavy (non-hydrogen) atoms. The largest absolute Gasteiger partial charge is 0.356 e. The zero-order valence-corrected chi connectivity index (χ0v) is 14.0. The van der Waals surface area contributed by atoms with Crippen LogP contribution >= 0.6 is 11.3 Å². The number of amides is 2. The molecule has 1 aliphatic carbocycles. The molecule has 5 heteroatoms. The van der Waals surface area contributed by atoms with E-state index in [4.69, 9.17) is 0 Å². The van der Waals surface area contributed by atoms with Crippen LogP contribution in [0.2, 0.25) is 0 Å². The number of carbonyl (C=O) groups excluding carboxylic acids is 2. The van der Waals surface area contributed by atoms with Gasteiger partial charge in [0.1, 0.15) is 0 Å². The van der Waals surface area contributed by atoms with E-state index in [-0.39, 0.29) is 23.1 Å². The normalized spacial score (nSPS) is 23.7. The molecule has 1 atom stereocenters. The van der Waals surface area contributed by atoms with Crippen molar-refractivity contribution in [3.8, 4) is 0 Å². The summed E-state index contributed by atoms with van der Waals surface area (Å²) in [5, 5.41) is 4.91. The van der Waals surface area contributed by atoms with E-state index in [1.807, 2.05) is 29.3 Å². The first kappa shape index (κ1) is 15.5. The second-order valence-corrected chi connectivity index (χ2v) is 7.48. The van der Waals surface area contributed by atoms with Crippen LogP contribution in [-0.4, -0.2) is 36.3 Å². The number of thiophene rings is 1. The molecule has 3 rings (SSSR count). The Hall–Kier alpha value is -1.36. The van der Waals surface area contributed by atoms with Crippen molar-refractivity contribution in [1.82, 2.24) is 10.2 Å². The Morgan fingerprint density at radius 3 is 2.77 bits per heavy atom. The molecular formula is C17H24N2O2S. The summed E-state index contributed by atoms with van der Waals surface area (Å²) < 4.78 is 0. The first-order valence-corrected chi connectivity index (χ1v) is 9.15. The predicted molar refractivity (Wildman–Crippen MR) is 87.9 cm³/mol. The zero-order valence-electron chi connectivity index (χ0n) is 13.1. The average molecular weight is 320 g/mol. The lowest BCUT2D eigenvalue weighted by Gasteiger charge is -2.37. The van der Waals surface area contributed by atoms with Crippen LogP contribution in [0.1, 0.15) is 48.7 Å². The molecule has 1 N–H and O–H groups in total. The van der Waals surface area contributed by atoms with Gasteiger partial charge in [0.05, 0.1) is 10.8 Å². The minimum atomic E-state index is -0.0448. The third kappa shape index (κ3) is 2.78. The summed E-state index contributed by atoms with van der Waals surface area (Å²) in [5.74, 6) is 0.175. The first-order valence-electron chi connectivity index (χ1n) is 8.27. The Bertz CT molecular complexity index is 535. The standard InChI is InChI=1S/C17H24N2O2S/c1-2-18-15(20)13-11-19(16(21)14-7-6-10-22-14)12-17(13)8-4-3-5-9-17/h6-7,10,13H,2-5,8-9,11-12H2,1H3,(H,18,20). The van der Waals surface area contributed by atoms with Gasteiger partial charge in [-0.1, -0.05) is 25.3 Å².